The van der Waals surface area contributed by atoms with Crippen LogP contribution in [0.15, 0.2) is 55.6 Å². The maximum atomic E-state index is 14.4. The van der Waals surface area contributed by atoms with E-state index in [0.29, 0.717) is 45.3 Å². The summed E-state index contributed by atoms with van der Waals surface area (Å²) in [6.45, 7) is 12.7. The molecular formula is C31H42N2O6. The van der Waals surface area contributed by atoms with Gasteiger partial charge in [-0.2, -0.15) is 0 Å². The fourth-order valence-electron chi connectivity index (χ4n) is 6.87. The van der Waals surface area contributed by atoms with Gasteiger partial charge in [0.2, 0.25) is 11.8 Å². The molecule has 6 atom stereocenters. The van der Waals surface area contributed by atoms with Crippen LogP contribution in [0.1, 0.15) is 51.5 Å². The Labute approximate surface area is 231 Å². The highest BCUT2D eigenvalue weighted by Gasteiger charge is 2.80. The summed E-state index contributed by atoms with van der Waals surface area (Å²) in [6, 6.07) is 8.83. The molecule has 2 amide bonds. The van der Waals surface area contributed by atoms with Crippen LogP contribution >= 0.6 is 0 Å². The van der Waals surface area contributed by atoms with Gasteiger partial charge in [0.25, 0.3) is 0 Å². The van der Waals surface area contributed by atoms with Gasteiger partial charge in [-0.1, -0.05) is 49.4 Å². The number of amides is 2. The molecule has 1 N–H and O–H groups in total. The van der Waals surface area contributed by atoms with Crippen molar-refractivity contribution in [2.24, 2.45) is 17.8 Å². The lowest BCUT2D eigenvalue weighted by Gasteiger charge is -2.37. The van der Waals surface area contributed by atoms with Crippen LogP contribution in [0.25, 0.3) is 0 Å². The molecule has 0 aromatic heterocycles. The van der Waals surface area contributed by atoms with Crippen molar-refractivity contribution in [3.05, 3.63) is 61.2 Å². The Kier molecular flexibility index (Phi) is 8.96. The molecule has 39 heavy (non-hydrogen) atoms. The zero-order valence-electron chi connectivity index (χ0n) is 23.2. The Morgan fingerprint density at radius 3 is 2.62 bits per heavy atom. The Morgan fingerprint density at radius 2 is 1.95 bits per heavy atom. The average molecular weight is 539 g/mol. The molecular weight excluding hydrogens is 496 g/mol. The molecule has 1 aromatic carbocycles. The highest BCUT2D eigenvalue weighted by Crippen LogP contribution is 2.65. The number of nitrogens with zero attached hydrogens (tertiary/aromatic N) is 2. The third-order valence-corrected chi connectivity index (χ3v) is 8.78. The van der Waals surface area contributed by atoms with E-state index in [2.05, 4.69) is 13.2 Å². The number of ether oxygens (including phenoxy) is 2. The van der Waals surface area contributed by atoms with Crippen molar-refractivity contribution in [1.82, 2.24) is 9.80 Å². The number of unbranched alkanes of at least 4 members (excludes halogenated alkanes) is 2. The fourth-order valence-corrected chi connectivity index (χ4v) is 6.87. The van der Waals surface area contributed by atoms with Gasteiger partial charge in [-0.15, -0.1) is 13.2 Å². The molecule has 0 aliphatic carbocycles. The smallest absolute Gasteiger partial charge is 0.312 e. The number of fused-ring (bicyclic) bond motifs is 1. The molecule has 0 saturated carbocycles. The SMILES string of the molecule is C=CCCCOC(=O)[C@@H]1[C@H]2C(=O)N(CCCCO)C(C(=O)N(CC=C)Cc3ccccc3)C23CC(C)[C@@]1(C)O3. The summed E-state index contributed by atoms with van der Waals surface area (Å²) in [6.07, 6.45) is 6.39. The Bertz CT molecular complexity index is 1080. The van der Waals surface area contributed by atoms with Gasteiger partial charge in [0.1, 0.15) is 17.6 Å². The maximum Gasteiger partial charge on any atom is 0.312 e. The van der Waals surface area contributed by atoms with Crippen molar-refractivity contribution in [2.75, 3.05) is 26.3 Å². The van der Waals surface area contributed by atoms with Gasteiger partial charge in [-0.05, 0) is 50.5 Å². The van der Waals surface area contributed by atoms with Crippen LogP contribution in [-0.2, 0) is 30.4 Å². The molecule has 3 saturated heterocycles. The quantitative estimate of drug-likeness (QED) is 0.221. The fraction of sp³-hybridized carbons (Fsp3) is 0.581. The van der Waals surface area contributed by atoms with E-state index in [0.717, 1.165) is 12.0 Å². The van der Waals surface area contributed by atoms with Crippen LogP contribution in [0.4, 0.5) is 0 Å². The molecule has 2 bridgehead atoms. The van der Waals surface area contributed by atoms with Crippen LogP contribution < -0.4 is 0 Å². The summed E-state index contributed by atoms with van der Waals surface area (Å²) in [5, 5.41) is 9.39. The van der Waals surface area contributed by atoms with Crippen molar-refractivity contribution >= 4 is 17.8 Å². The number of hydrogen-bond acceptors (Lipinski definition) is 6. The molecule has 212 valence electrons. The number of carbonyl (C=O) groups is 3. The summed E-state index contributed by atoms with van der Waals surface area (Å²) >= 11 is 0. The molecule has 3 fully saturated rings. The molecule has 0 radical (unpaired) electrons. The second-order valence-corrected chi connectivity index (χ2v) is 11.3. The molecule has 1 spiro atoms. The highest BCUT2D eigenvalue weighted by molar-refractivity contribution is 5.98. The topological polar surface area (TPSA) is 96.4 Å². The first kappa shape index (κ1) is 29.0. The largest absolute Gasteiger partial charge is 0.465 e. The van der Waals surface area contributed by atoms with Crippen molar-refractivity contribution in [3.8, 4) is 0 Å². The predicted molar refractivity (Wildman–Crippen MR) is 147 cm³/mol. The number of esters is 1. The number of rotatable bonds is 14. The lowest BCUT2D eigenvalue weighted by molar-refractivity contribution is -0.162. The van der Waals surface area contributed by atoms with Gasteiger partial charge >= 0.3 is 5.97 Å². The van der Waals surface area contributed by atoms with Crippen molar-refractivity contribution in [1.29, 1.82) is 0 Å². The Balaban J connectivity index is 1.70. The second-order valence-electron chi connectivity index (χ2n) is 11.3. The van der Waals surface area contributed by atoms with Gasteiger partial charge in [0.05, 0.1) is 18.1 Å². The third kappa shape index (κ3) is 5.16. The van der Waals surface area contributed by atoms with E-state index in [1.807, 2.05) is 44.2 Å². The third-order valence-electron chi connectivity index (χ3n) is 8.78. The van der Waals surface area contributed by atoms with Crippen molar-refractivity contribution in [3.63, 3.8) is 0 Å². The van der Waals surface area contributed by atoms with Crippen LogP contribution in [0, 0.1) is 17.8 Å². The number of hydrogen-bond donors (Lipinski definition) is 1. The second kappa shape index (κ2) is 12.0. The minimum Gasteiger partial charge on any atom is -0.465 e. The highest BCUT2D eigenvalue weighted by atomic mass is 16.6. The Hall–Kier alpha value is -2.97. The van der Waals surface area contributed by atoms with Gasteiger partial charge < -0.3 is 24.4 Å². The predicted octanol–water partition coefficient (Wildman–Crippen LogP) is 3.49. The normalized spacial score (nSPS) is 30.7. The number of aliphatic hydroxyl groups excluding tert-OH is 1. The summed E-state index contributed by atoms with van der Waals surface area (Å²) in [4.78, 5) is 45.4. The van der Waals surface area contributed by atoms with Crippen LogP contribution in [0.5, 0.6) is 0 Å². The summed E-state index contributed by atoms with van der Waals surface area (Å²) in [5.74, 6) is -2.54. The van der Waals surface area contributed by atoms with Gasteiger partial charge in [0.15, 0.2) is 0 Å². The number of carbonyl (C=O) groups excluding carboxylic acids is 3. The van der Waals surface area contributed by atoms with E-state index < -0.39 is 35.0 Å². The van der Waals surface area contributed by atoms with Gasteiger partial charge in [-0.3, -0.25) is 14.4 Å². The van der Waals surface area contributed by atoms with E-state index in [1.54, 1.807) is 22.0 Å². The number of aliphatic hydroxyl groups is 1. The van der Waals surface area contributed by atoms with E-state index in [9.17, 15) is 19.5 Å². The number of likely N-dealkylation sites (tertiary alicyclic amines) is 1. The number of allylic oxidation sites excluding steroid dienone is 1. The van der Waals surface area contributed by atoms with Gasteiger partial charge in [-0.25, -0.2) is 0 Å². The molecule has 3 aliphatic rings. The summed E-state index contributed by atoms with van der Waals surface area (Å²) < 4.78 is 12.4. The van der Waals surface area contributed by atoms with E-state index in [-0.39, 0.29) is 30.9 Å². The van der Waals surface area contributed by atoms with Crippen LogP contribution in [-0.4, -0.2) is 76.2 Å². The molecule has 3 aliphatic heterocycles. The van der Waals surface area contributed by atoms with E-state index in [1.165, 1.54) is 0 Å². The van der Waals surface area contributed by atoms with E-state index in [4.69, 9.17) is 9.47 Å². The molecule has 8 nitrogen and oxygen atoms in total. The van der Waals surface area contributed by atoms with Crippen molar-refractivity contribution < 1.29 is 29.0 Å². The van der Waals surface area contributed by atoms with E-state index >= 15 is 0 Å². The monoisotopic (exact) mass is 538 g/mol. The molecule has 4 rings (SSSR count). The number of benzene rings is 1. The molecule has 8 heteroatoms. The molecule has 1 aromatic rings. The van der Waals surface area contributed by atoms with Crippen LogP contribution in [0.2, 0.25) is 0 Å². The van der Waals surface area contributed by atoms with Crippen molar-refractivity contribution in [2.45, 2.75) is 69.7 Å². The van der Waals surface area contributed by atoms with Crippen LogP contribution in [0.3, 0.4) is 0 Å². The molecule has 3 heterocycles. The van der Waals surface area contributed by atoms with Gasteiger partial charge in [0, 0.05) is 26.2 Å². The maximum absolute atomic E-state index is 14.4. The first-order chi connectivity index (χ1) is 18.7. The lowest BCUT2D eigenvalue weighted by Crippen LogP contribution is -2.56. The minimum atomic E-state index is -1.12. The first-order valence-corrected chi connectivity index (χ1v) is 14.1. The zero-order valence-corrected chi connectivity index (χ0v) is 23.2. The minimum absolute atomic E-state index is 0.00290. The summed E-state index contributed by atoms with van der Waals surface area (Å²) in [7, 11) is 0. The summed E-state index contributed by atoms with van der Waals surface area (Å²) in [5.41, 5.74) is -1.06. The lowest BCUT2D eigenvalue weighted by atomic mass is 9.62. The zero-order chi connectivity index (χ0) is 28.2. The standard InChI is InChI=1S/C31H42N2O6/c1-5-7-13-19-38-29(37)25-24-27(35)33(17-11-12-18-34)26(31(24)20-22(3)30(25,4)39-31)28(36)32(16-6-2)21-23-14-9-8-10-15-23/h5-6,8-10,14-15,22,24-26,34H,1-2,7,11-13,16-21H2,3-4H3/t22?,24-,25-,26?,30+,31?/m0/s1. The molecule has 3 unspecified atom stereocenters. The Morgan fingerprint density at radius 1 is 1.21 bits per heavy atom. The first-order valence-electron chi connectivity index (χ1n) is 14.1. The average Bonchev–Trinajstić information content (AvgIpc) is 3.43.